The fourth-order valence-corrected chi connectivity index (χ4v) is 1.28. The zero-order valence-electron chi connectivity index (χ0n) is 8.36. The van der Waals surface area contributed by atoms with Crippen LogP contribution in [0.3, 0.4) is 0 Å². The van der Waals surface area contributed by atoms with E-state index < -0.39 is 16.9 Å². The highest BCUT2D eigenvalue weighted by molar-refractivity contribution is 6.34. The number of primary amides is 1. The number of nitrogens with one attached hydrogen (secondary N) is 3. The van der Waals surface area contributed by atoms with Crippen molar-refractivity contribution in [2.75, 3.05) is 5.32 Å². The number of anilines is 1. The second-order valence-corrected chi connectivity index (χ2v) is 3.29. The van der Waals surface area contributed by atoms with E-state index in [0.717, 1.165) is 0 Å². The fourth-order valence-electron chi connectivity index (χ4n) is 1.07. The monoisotopic (exact) mass is 257 g/mol. The number of nitro groups is 1. The first kappa shape index (κ1) is 12.7. The van der Waals surface area contributed by atoms with Gasteiger partial charge in [-0.05, 0) is 6.07 Å². The first-order valence-electron chi connectivity index (χ1n) is 4.26. The predicted molar refractivity (Wildman–Crippen MR) is 62.2 cm³/mol. The van der Waals surface area contributed by atoms with Gasteiger partial charge in [-0.3, -0.25) is 20.8 Å². The number of carbonyl (C=O) groups is 1. The van der Waals surface area contributed by atoms with Gasteiger partial charge in [0.25, 0.3) is 5.69 Å². The molecule has 1 aromatic rings. The van der Waals surface area contributed by atoms with E-state index in [1.54, 1.807) is 0 Å². The van der Waals surface area contributed by atoms with Crippen LogP contribution in [-0.2, 0) is 0 Å². The quantitative estimate of drug-likeness (QED) is 0.274. The van der Waals surface area contributed by atoms with Crippen molar-refractivity contribution in [3.63, 3.8) is 0 Å². The van der Waals surface area contributed by atoms with Gasteiger partial charge in [0.15, 0.2) is 0 Å². The van der Waals surface area contributed by atoms with Crippen molar-refractivity contribution in [2.45, 2.75) is 0 Å². The normalized spacial score (nSPS) is 9.47. The van der Waals surface area contributed by atoms with Crippen LogP contribution < -0.4 is 16.4 Å². The molecule has 90 valence electrons. The fraction of sp³-hybridized carbons (Fsp3) is 0. The summed E-state index contributed by atoms with van der Waals surface area (Å²) in [6.45, 7) is 0. The van der Waals surface area contributed by atoms with Gasteiger partial charge in [-0.2, -0.15) is 0 Å². The van der Waals surface area contributed by atoms with E-state index in [1.165, 1.54) is 18.2 Å². The van der Waals surface area contributed by atoms with E-state index in [1.807, 2.05) is 5.32 Å². The zero-order valence-corrected chi connectivity index (χ0v) is 9.12. The van der Waals surface area contributed by atoms with Crippen LogP contribution in [-0.4, -0.2) is 16.9 Å². The van der Waals surface area contributed by atoms with E-state index in [-0.39, 0.29) is 16.4 Å². The number of carbonyl (C=O) groups excluding carboxylic acids is 1. The maximum atomic E-state index is 10.7. The lowest BCUT2D eigenvalue weighted by molar-refractivity contribution is -0.383. The summed E-state index contributed by atoms with van der Waals surface area (Å²) in [6, 6.07) is 3.06. The SMILES string of the molecule is N=C(NC(N)=O)Nc1c(Cl)cccc1[N+](=O)[O-]. The van der Waals surface area contributed by atoms with Crippen LogP contribution >= 0.6 is 11.6 Å². The number of urea groups is 1. The van der Waals surface area contributed by atoms with Crippen molar-refractivity contribution in [3.05, 3.63) is 33.3 Å². The van der Waals surface area contributed by atoms with Crippen LogP contribution in [0, 0.1) is 15.5 Å². The van der Waals surface area contributed by atoms with Gasteiger partial charge in [0, 0.05) is 6.07 Å². The minimum absolute atomic E-state index is 0.0511. The van der Waals surface area contributed by atoms with Gasteiger partial charge in [0.1, 0.15) is 5.69 Å². The lowest BCUT2D eigenvalue weighted by Gasteiger charge is -2.09. The Morgan fingerprint density at radius 3 is 2.71 bits per heavy atom. The van der Waals surface area contributed by atoms with Crippen molar-refractivity contribution in [2.24, 2.45) is 5.73 Å². The van der Waals surface area contributed by atoms with Crippen LogP contribution in [0.15, 0.2) is 18.2 Å². The highest BCUT2D eigenvalue weighted by atomic mass is 35.5. The number of nitro benzene ring substituents is 1. The molecule has 9 heteroatoms. The maximum absolute atomic E-state index is 10.7. The van der Waals surface area contributed by atoms with Crippen LogP contribution in [0.1, 0.15) is 0 Å². The lowest BCUT2D eigenvalue weighted by atomic mass is 10.2. The Hall–Kier alpha value is -2.35. The molecule has 0 aliphatic carbocycles. The van der Waals surface area contributed by atoms with Gasteiger partial charge in [0.05, 0.1) is 9.95 Å². The van der Waals surface area contributed by atoms with Crippen LogP contribution in [0.5, 0.6) is 0 Å². The van der Waals surface area contributed by atoms with Crippen molar-refractivity contribution in [1.82, 2.24) is 5.32 Å². The van der Waals surface area contributed by atoms with E-state index in [9.17, 15) is 14.9 Å². The Labute approximate surface area is 100 Å². The molecule has 1 rings (SSSR count). The molecule has 0 radical (unpaired) electrons. The maximum Gasteiger partial charge on any atom is 0.318 e. The molecule has 0 aliphatic heterocycles. The van der Waals surface area contributed by atoms with Crippen LogP contribution in [0.25, 0.3) is 0 Å². The van der Waals surface area contributed by atoms with Gasteiger partial charge in [0.2, 0.25) is 5.96 Å². The molecule has 1 aromatic carbocycles. The van der Waals surface area contributed by atoms with E-state index in [0.29, 0.717) is 0 Å². The Bertz CT molecular complexity index is 490. The van der Waals surface area contributed by atoms with Crippen molar-refractivity contribution in [3.8, 4) is 0 Å². The van der Waals surface area contributed by atoms with Crippen molar-refractivity contribution in [1.29, 1.82) is 5.41 Å². The molecule has 0 fully saturated rings. The van der Waals surface area contributed by atoms with Gasteiger partial charge in [-0.1, -0.05) is 17.7 Å². The molecule has 0 aliphatic rings. The molecule has 0 spiro atoms. The summed E-state index contributed by atoms with van der Waals surface area (Å²) < 4.78 is 0. The van der Waals surface area contributed by atoms with Gasteiger partial charge >= 0.3 is 6.03 Å². The largest absolute Gasteiger partial charge is 0.351 e. The number of para-hydroxylation sites is 1. The topological polar surface area (TPSA) is 134 Å². The average molecular weight is 258 g/mol. The first-order valence-corrected chi connectivity index (χ1v) is 4.64. The van der Waals surface area contributed by atoms with E-state index in [4.69, 9.17) is 22.7 Å². The molecule has 17 heavy (non-hydrogen) atoms. The summed E-state index contributed by atoms with van der Waals surface area (Å²) in [5.41, 5.74) is 4.39. The third-order valence-electron chi connectivity index (χ3n) is 1.69. The highest BCUT2D eigenvalue weighted by Gasteiger charge is 2.17. The number of amides is 2. The summed E-state index contributed by atoms with van der Waals surface area (Å²) >= 11 is 5.75. The summed E-state index contributed by atoms with van der Waals surface area (Å²) in [7, 11) is 0. The second kappa shape index (κ2) is 5.12. The standard InChI is InChI=1S/C8H8ClN5O3/c9-4-2-1-3-5(14(16)17)6(4)12-7(10)13-8(11)15/h1-3H,(H5,10,11,12,13,15). The molecule has 0 unspecified atom stereocenters. The van der Waals surface area contributed by atoms with Crippen molar-refractivity contribution >= 4 is 35.0 Å². The summed E-state index contributed by atoms with van der Waals surface area (Å²) in [6.07, 6.45) is 0. The van der Waals surface area contributed by atoms with Crippen LogP contribution in [0.2, 0.25) is 5.02 Å². The molecule has 0 atom stereocenters. The molecular weight excluding hydrogens is 250 g/mol. The molecule has 0 heterocycles. The summed E-state index contributed by atoms with van der Waals surface area (Å²) in [5, 5.41) is 22.2. The molecule has 0 aromatic heterocycles. The molecule has 0 saturated carbocycles. The van der Waals surface area contributed by atoms with Crippen molar-refractivity contribution < 1.29 is 9.72 Å². The summed E-state index contributed by atoms with van der Waals surface area (Å²) in [4.78, 5) is 20.5. The van der Waals surface area contributed by atoms with E-state index in [2.05, 4.69) is 5.32 Å². The number of rotatable bonds is 2. The highest BCUT2D eigenvalue weighted by Crippen LogP contribution is 2.31. The third-order valence-corrected chi connectivity index (χ3v) is 2.00. The first-order chi connectivity index (χ1) is 7.91. The van der Waals surface area contributed by atoms with Gasteiger partial charge < -0.3 is 11.1 Å². The average Bonchev–Trinajstić information content (AvgIpc) is 2.19. The number of nitrogens with zero attached hydrogens (tertiary/aromatic N) is 1. The molecule has 0 saturated heterocycles. The molecular formula is C8H8ClN5O3. The minimum Gasteiger partial charge on any atom is -0.351 e. The lowest BCUT2D eigenvalue weighted by Crippen LogP contribution is -2.38. The summed E-state index contributed by atoms with van der Waals surface area (Å²) in [5.74, 6) is -0.506. The van der Waals surface area contributed by atoms with Gasteiger partial charge in [-0.15, -0.1) is 0 Å². The molecule has 0 bridgehead atoms. The van der Waals surface area contributed by atoms with Crippen LogP contribution in [0.4, 0.5) is 16.2 Å². The Balaban J connectivity index is 3.01. The smallest absolute Gasteiger partial charge is 0.318 e. The Kier molecular flexibility index (Phi) is 3.83. The number of hydrogen-bond donors (Lipinski definition) is 4. The minimum atomic E-state index is -0.961. The molecule has 2 amide bonds. The van der Waals surface area contributed by atoms with Gasteiger partial charge in [-0.25, -0.2) is 4.79 Å². The Morgan fingerprint density at radius 1 is 1.53 bits per heavy atom. The third kappa shape index (κ3) is 3.31. The Morgan fingerprint density at radius 2 is 2.18 bits per heavy atom. The number of benzene rings is 1. The predicted octanol–water partition coefficient (Wildman–Crippen LogP) is 1.26. The second-order valence-electron chi connectivity index (χ2n) is 2.88. The number of guanidine groups is 1. The number of nitrogens with two attached hydrogens (primary N) is 1. The number of halogens is 1. The number of hydrogen-bond acceptors (Lipinski definition) is 4. The molecule has 5 N–H and O–H groups in total. The van der Waals surface area contributed by atoms with E-state index >= 15 is 0 Å². The zero-order chi connectivity index (χ0) is 13.0. The molecule has 8 nitrogen and oxygen atoms in total.